The van der Waals surface area contributed by atoms with Gasteiger partial charge in [-0.05, 0) is 24.5 Å². The zero-order chi connectivity index (χ0) is 11.7. The van der Waals surface area contributed by atoms with Crippen LogP contribution >= 0.6 is 0 Å². The van der Waals surface area contributed by atoms with Crippen LogP contribution in [0.3, 0.4) is 0 Å². The second-order valence-corrected chi connectivity index (χ2v) is 5.05. The second kappa shape index (κ2) is 4.40. The normalized spacial score (nSPS) is 16.9. The Balaban J connectivity index is 1.81. The number of aromatic nitrogens is 2. The molecule has 0 spiro atoms. The molecule has 0 radical (unpaired) electrons. The lowest BCUT2D eigenvalue weighted by atomic mass is 10.0. The van der Waals surface area contributed by atoms with Crippen LogP contribution in [0.5, 0.6) is 0 Å². The van der Waals surface area contributed by atoms with Crippen molar-refractivity contribution >= 4 is 17.0 Å². The van der Waals surface area contributed by atoms with E-state index in [0.717, 1.165) is 18.0 Å². The molecule has 0 aliphatic heterocycles. The van der Waals surface area contributed by atoms with Crippen LogP contribution in [0.25, 0.3) is 11.0 Å². The van der Waals surface area contributed by atoms with Gasteiger partial charge < -0.3 is 10.3 Å². The molecule has 90 valence electrons. The highest BCUT2D eigenvalue weighted by atomic mass is 15.1. The summed E-state index contributed by atoms with van der Waals surface area (Å²) in [5.74, 6) is 1.56. The summed E-state index contributed by atoms with van der Waals surface area (Å²) in [6, 6.07) is 8.19. The Morgan fingerprint density at radius 2 is 2.00 bits per heavy atom. The van der Waals surface area contributed by atoms with Gasteiger partial charge in [0.1, 0.15) is 0 Å². The van der Waals surface area contributed by atoms with Crippen LogP contribution in [0.4, 0.5) is 5.95 Å². The molecule has 1 saturated carbocycles. The molecule has 0 saturated heterocycles. The van der Waals surface area contributed by atoms with Crippen molar-refractivity contribution in [2.24, 2.45) is 5.92 Å². The molecule has 2 aromatic rings. The third-order valence-electron chi connectivity index (χ3n) is 3.92. The average Bonchev–Trinajstić information content (AvgIpc) is 2.93. The van der Waals surface area contributed by atoms with Crippen molar-refractivity contribution in [3.63, 3.8) is 0 Å². The van der Waals surface area contributed by atoms with E-state index in [1.165, 1.54) is 37.6 Å². The van der Waals surface area contributed by atoms with Crippen LogP contribution in [0.1, 0.15) is 32.1 Å². The lowest BCUT2D eigenvalue weighted by Gasteiger charge is -2.11. The summed E-state index contributed by atoms with van der Waals surface area (Å²) in [6.07, 6.45) is 6.85. The zero-order valence-corrected chi connectivity index (χ0v) is 10.1. The molecule has 0 bridgehead atoms. The molecule has 0 atom stereocenters. The third-order valence-corrected chi connectivity index (χ3v) is 3.92. The maximum atomic E-state index is 5.99. The van der Waals surface area contributed by atoms with E-state index in [1.807, 2.05) is 12.1 Å². The zero-order valence-electron chi connectivity index (χ0n) is 10.1. The number of imidazole rings is 1. The lowest BCUT2D eigenvalue weighted by molar-refractivity contribution is 0.464. The van der Waals surface area contributed by atoms with Gasteiger partial charge in [0.25, 0.3) is 0 Å². The number of rotatable bonds is 3. The summed E-state index contributed by atoms with van der Waals surface area (Å²) in [5, 5.41) is 0. The van der Waals surface area contributed by atoms with E-state index in [-0.39, 0.29) is 0 Å². The largest absolute Gasteiger partial charge is 0.369 e. The fourth-order valence-corrected chi connectivity index (χ4v) is 2.94. The van der Waals surface area contributed by atoms with E-state index in [4.69, 9.17) is 5.73 Å². The predicted octanol–water partition coefficient (Wildman–Crippen LogP) is 3.20. The molecular formula is C14H19N3. The molecule has 2 N–H and O–H groups in total. The minimum atomic E-state index is 0.657. The Hall–Kier alpha value is -1.51. The maximum absolute atomic E-state index is 5.99. The van der Waals surface area contributed by atoms with Crippen LogP contribution in [0.15, 0.2) is 24.3 Å². The molecule has 1 heterocycles. The fraction of sp³-hybridized carbons (Fsp3) is 0.500. The van der Waals surface area contributed by atoms with Crippen molar-refractivity contribution in [1.82, 2.24) is 9.55 Å². The van der Waals surface area contributed by atoms with Gasteiger partial charge in [-0.1, -0.05) is 37.8 Å². The first-order valence-electron chi connectivity index (χ1n) is 6.55. The summed E-state index contributed by atoms with van der Waals surface area (Å²) in [4.78, 5) is 4.40. The highest BCUT2D eigenvalue weighted by Crippen LogP contribution is 2.29. The van der Waals surface area contributed by atoms with Crippen molar-refractivity contribution < 1.29 is 0 Å². The summed E-state index contributed by atoms with van der Waals surface area (Å²) >= 11 is 0. The number of para-hydroxylation sites is 2. The van der Waals surface area contributed by atoms with E-state index < -0.39 is 0 Å². The summed E-state index contributed by atoms with van der Waals surface area (Å²) < 4.78 is 2.16. The first kappa shape index (κ1) is 10.6. The van der Waals surface area contributed by atoms with Crippen molar-refractivity contribution in [2.75, 3.05) is 5.73 Å². The SMILES string of the molecule is Nc1nc2ccccc2n1CCC1CCCC1. The van der Waals surface area contributed by atoms with Gasteiger partial charge in [-0.15, -0.1) is 0 Å². The number of nitrogens with two attached hydrogens (primary N) is 1. The van der Waals surface area contributed by atoms with E-state index >= 15 is 0 Å². The molecule has 1 aromatic heterocycles. The van der Waals surface area contributed by atoms with Crippen LogP contribution in [0, 0.1) is 5.92 Å². The van der Waals surface area contributed by atoms with Gasteiger partial charge in [-0.25, -0.2) is 4.98 Å². The smallest absolute Gasteiger partial charge is 0.201 e. The molecule has 1 fully saturated rings. The number of aryl methyl sites for hydroxylation is 1. The van der Waals surface area contributed by atoms with Crippen molar-refractivity contribution in [1.29, 1.82) is 0 Å². The third kappa shape index (κ3) is 2.02. The quantitative estimate of drug-likeness (QED) is 0.878. The molecule has 3 nitrogen and oxygen atoms in total. The van der Waals surface area contributed by atoms with E-state index in [0.29, 0.717) is 5.95 Å². The van der Waals surface area contributed by atoms with E-state index in [2.05, 4.69) is 21.7 Å². The average molecular weight is 229 g/mol. The van der Waals surface area contributed by atoms with Crippen LogP contribution in [-0.4, -0.2) is 9.55 Å². The molecule has 0 amide bonds. The van der Waals surface area contributed by atoms with Gasteiger partial charge >= 0.3 is 0 Å². The Morgan fingerprint density at radius 3 is 2.82 bits per heavy atom. The molecule has 3 rings (SSSR count). The minimum absolute atomic E-state index is 0.657. The topological polar surface area (TPSA) is 43.8 Å². The molecule has 0 unspecified atom stereocenters. The van der Waals surface area contributed by atoms with E-state index in [9.17, 15) is 0 Å². The maximum Gasteiger partial charge on any atom is 0.201 e. The number of hydrogen-bond donors (Lipinski definition) is 1. The Kier molecular flexibility index (Phi) is 2.75. The van der Waals surface area contributed by atoms with Gasteiger partial charge in [-0.3, -0.25) is 0 Å². The Bertz CT molecular complexity index is 509. The number of fused-ring (bicyclic) bond motifs is 1. The van der Waals surface area contributed by atoms with Gasteiger partial charge in [0.05, 0.1) is 11.0 Å². The van der Waals surface area contributed by atoms with Crippen LogP contribution < -0.4 is 5.73 Å². The first-order valence-corrected chi connectivity index (χ1v) is 6.55. The van der Waals surface area contributed by atoms with Gasteiger partial charge in [0, 0.05) is 6.54 Å². The predicted molar refractivity (Wildman–Crippen MR) is 70.7 cm³/mol. The number of nitrogen functional groups attached to an aromatic ring is 1. The molecule has 3 heteroatoms. The van der Waals surface area contributed by atoms with Crippen molar-refractivity contribution in [3.05, 3.63) is 24.3 Å². The molecule has 1 aliphatic rings. The first-order chi connectivity index (χ1) is 8.34. The Morgan fingerprint density at radius 1 is 1.24 bits per heavy atom. The van der Waals surface area contributed by atoms with E-state index in [1.54, 1.807) is 0 Å². The highest BCUT2D eigenvalue weighted by molar-refractivity contribution is 5.78. The standard InChI is InChI=1S/C14H19N3/c15-14-16-12-7-3-4-8-13(12)17(14)10-9-11-5-1-2-6-11/h3-4,7-8,11H,1-2,5-6,9-10H2,(H2,15,16). The molecule has 1 aromatic carbocycles. The summed E-state index contributed by atoms with van der Waals surface area (Å²) in [6.45, 7) is 1.01. The number of nitrogens with zero attached hydrogens (tertiary/aromatic N) is 2. The lowest BCUT2D eigenvalue weighted by Crippen LogP contribution is -2.06. The Labute approximate surface area is 102 Å². The van der Waals surface area contributed by atoms with Crippen LogP contribution in [-0.2, 0) is 6.54 Å². The summed E-state index contributed by atoms with van der Waals surface area (Å²) in [7, 11) is 0. The van der Waals surface area contributed by atoms with Gasteiger partial charge in [0.2, 0.25) is 5.95 Å². The van der Waals surface area contributed by atoms with Gasteiger partial charge in [-0.2, -0.15) is 0 Å². The summed E-state index contributed by atoms with van der Waals surface area (Å²) in [5.41, 5.74) is 8.17. The van der Waals surface area contributed by atoms with Gasteiger partial charge in [0.15, 0.2) is 0 Å². The van der Waals surface area contributed by atoms with Crippen LogP contribution in [0.2, 0.25) is 0 Å². The minimum Gasteiger partial charge on any atom is -0.369 e. The number of anilines is 1. The fourth-order valence-electron chi connectivity index (χ4n) is 2.94. The molecular weight excluding hydrogens is 210 g/mol. The molecule has 17 heavy (non-hydrogen) atoms. The molecule has 1 aliphatic carbocycles. The van der Waals surface area contributed by atoms with Crippen molar-refractivity contribution in [2.45, 2.75) is 38.6 Å². The number of hydrogen-bond acceptors (Lipinski definition) is 2. The highest BCUT2D eigenvalue weighted by Gasteiger charge is 2.16. The van der Waals surface area contributed by atoms with Crippen molar-refractivity contribution in [3.8, 4) is 0 Å². The monoisotopic (exact) mass is 229 g/mol. The number of benzene rings is 1. The second-order valence-electron chi connectivity index (χ2n) is 5.05.